The van der Waals surface area contributed by atoms with Crippen molar-refractivity contribution in [2.75, 3.05) is 24.6 Å². The predicted molar refractivity (Wildman–Crippen MR) is 102 cm³/mol. The molecule has 2 heterocycles. The normalized spacial score (nSPS) is 20.3. The molecule has 2 aromatic rings. The van der Waals surface area contributed by atoms with Gasteiger partial charge < -0.3 is 24.7 Å². The topological polar surface area (TPSA) is 102 Å². The summed E-state index contributed by atoms with van der Waals surface area (Å²) in [6.07, 6.45) is -0.296. The Balaban J connectivity index is 1.80. The summed E-state index contributed by atoms with van der Waals surface area (Å²) in [4.78, 5) is 32.2. The summed E-state index contributed by atoms with van der Waals surface area (Å²) in [5.41, 5.74) is 6.73. The fourth-order valence-corrected chi connectivity index (χ4v) is 3.42. The highest BCUT2D eigenvalue weighted by molar-refractivity contribution is 6.03. The number of hydrogen-bond acceptors (Lipinski definition) is 6. The summed E-state index contributed by atoms with van der Waals surface area (Å²) in [7, 11) is 0. The van der Waals surface area contributed by atoms with E-state index in [2.05, 4.69) is 4.98 Å². The van der Waals surface area contributed by atoms with E-state index in [9.17, 15) is 9.59 Å². The highest BCUT2D eigenvalue weighted by Gasteiger charge is 2.35. The Hall–Kier alpha value is -2.77. The molecular weight excluding hydrogens is 348 g/mol. The van der Waals surface area contributed by atoms with Gasteiger partial charge in [-0.15, -0.1) is 0 Å². The molecule has 2 amide bonds. The van der Waals surface area contributed by atoms with Gasteiger partial charge in [0.25, 0.3) is 11.9 Å². The van der Waals surface area contributed by atoms with E-state index in [4.69, 9.17) is 14.9 Å². The van der Waals surface area contributed by atoms with E-state index in [0.29, 0.717) is 48.3 Å². The lowest BCUT2D eigenvalue weighted by Gasteiger charge is -2.43. The van der Waals surface area contributed by atoms with Gasteiger partial charge in [0.15, 0.2) is 5.58 Å². The number of piperazine rings is 1. The molecule has 8 nitrogen and oxygen atoms in total. The molecule has 2 atom stereocenters. The number of aromatic nitrogens is 1. The Labute approximate surface area is 158 Å². The van der Waals surface area contributed by atoms with E-state index < -0.39 is 5.91 Å². The Morgan fingerprint density at radius 1 is 1.30 bits per heavy atom. The van der Waals surface area contributed by atoms with E-state index in [0.717, 1.165) is 0 Å². The van der Waals surface area contributed by atoms with E-state index in [-0.39, 0.29) is 18.2 Å². The van der Waals surface area contributed by atoms with Crippen LogP contribution in [0.2, 0.25) is 0 Å². The first-order valence-electron chi connectivity index (χ1n) is 9.17. The summed E-state index contributed by atoms with van der Waals surface area (Å²) < 4.78 is 11.2. The number of carbonyl (C=O) groups excluding carboxylic acids is 2. The molecule has 0 saturated carbocycles. The average Bonchev–Trinajstić information content (AvgIpc) is 3.02. The maximum atomic E-state index is 12.3. The minimum atomic E-state index is -0.542. The number of para-hydroxylation sites is 1. The highest BCUT2D eigenvalue weighted by Crippen LogP contribution is 2.29. The molecule has 1 fully saturated rings. The summed E-state index contributed by atoms with van der Waals surface area (Å²) in [5.74, 6) is -0.247. The quantitative estimate of drug-likeness (QED) is 0.883. The third kappa shape index (κ3) is 3.84. The third-order valence-electron chi connectivity index (χ3n) is 4.61. The lowest BCUT2D eigenvalue weighted by atomic mass is 10.1. The molecule has 3 rings (SSSR count). The van der Waals surface area contributed by atoms with Gasteiger partial charge in [0.05, 0.1) is 12.2 Å². The van der Waals surface area contributed by atoms with E-state index in [1.54, 1.807) is 23.1 Å². The van der Waals surface area contributed by atoms with Crippen LogP contribution in [0, 0.1) is 5.92 Å². The van der Waals surface area contributed by atoms with Crippen LogP contribution in [0.25, 0.3) is 11.1 Å². The van der Waals surface area contributed by atoms with Gasteiger partial charge in [-0.2, -0.15) is 4.98 Å². The largest absolute Gasteiger partial charge is 0.449 e. The maximum absolute atomic E-state index is 12.3. The van der Waals surface area contributed by atoms with E-state index in [1.165, 1.54) is 0 Å². The van der Waals surface area contributed by atoms with Gasteiger partial charge in [0.2, 0.25) is 0 Å². The second-order valence-electron chi connectivity index (χ2n) is 7.49. The van der Waals surface area contributed by atoms with Crippen LogP contribution >= 0.6 is 0 Å². The minimum absolute atomic E-state index is 0.0227. The van der Waals surface area contributed by atoms with Crippen LogP contribution in [-0.4, -0.2) is 53.7 Å². The Morgan fingerprint density at radius 3 is 2.56 bits per heavy atom. The molecule has 146 valence electrons. The first-order chi connectivity index (χ1) is 12.8. The Morgan fingerprint density at radius 2 is 1.96 bits per heavy atom. The SMILES string of the molecule is CC(C)COC(=O)N1C[C@H](C)N(c2nc3c(C(N)=O)cccc3o2)[C@@H](C)C1. The van der Waals surface area contributed by atoms with Crippen molar-refractivity contribution in [3.05, 3.63) is 23.8 Å². The first-order valence-corrected chi connectivity index (χ1v) is 9.17. The monoisotopic (exact) mass is 374 g/mol. The van der Waals surface area contributed by atoms with Gasteiger partial charge in [-0.25, -0.2) is 4.79 Å². The molecule has 2 N–H and O–H groups in total. The molecule has 8 heteroatoms. The van der Waals surface area contributed by atoms with E-state index >= 15 is 0 Å². The van der Waals surface area contributed by atoms with E-state index in [1.807, 2.05) is 32.6 Å². The number of anilines is 1. The van der Waals surface area contributed by atoms with Gasteiger partial charge in [-0.3, -0.25) is 4.79 Å². The zero-order valence-electron chi connectivity index (χ0n) is 16.1. The molecule has 0 unspecified atom stereocenters. The van der Waals surface area contributed by atoms with Crippen LogP contribution in [0.3, 0.4) is 0 Å². The van der Waals surface area contributed by atoms with Crippen LogP contribution in [0.4, 0.5) is 10.8 Å². The van der Waals surface area contributed by atoms with Gasteiger partial charge in [-0.1, -0.05) is 19.9 Å². The number of ether oxygens (including phenoxy) is 1. The molecule has 1 aromatic carbocycles. The first kappa shape index (κ1) is 19.0. The second-order valence-corrected chi connectivity index (χ2v) is 7.49. The van der Waals surface area contributed by atoms with Crippen LogP contribution in [0.5, 0.6) is 0 Å². The summed E-state index contributed by atoms with van der Waals surface area (Å²) in [6, 6.07) is 5.48. The van der Waals surface area contributed by atoms with Crippen molar-refractivity contribution < 1.29 is 18.7 Å². The standard InChI is InChI=1S/C19H26N4O4/c1-11(2)10-26-19(25)22-8-12(3)23(13(4)9-22)18-21-16-14(17(20)24)6-5-7-15(16)27-18/h5-7,11-13H,8-10H2,1-4H3,(H2,20,24)/t12-,13-/m0/s1. The lowest BCUT2D eigenvalue weighted by molar-refractivity contribution is 0.0804. The van der Waals surface area contributed by atoms with Crippen molar-refractivity contribution in [2.45, 2.75) is 39.8 Å². The van der Waals surface area contributed by atoms with Crippen LogP contribution in [0.15, 0.2) is 22.6 Å². The fraction of sp³-hybridized carbons (Fsp3) is 0.526. The molecule has 0 aliphatic carbocycles. The number of nitrogens with zero attached hydrogens (tertiary/aromatic N) is 3. The molecule has 1 aliphatic heterocycles. The minimum Gasteiger partial charge on any atom is -0.449 e. The van der Waals surface area contributed by atoms with Crippen molar-refractivity contribution in [2.24, 2.45) is 11.7 Å². The number of fused-ring (bicyclic) bond motifs is 1. The highest BCUT2D eigenvalue weighted by atomic mass is 16.6. The Kier molecular flexibility index (Phi) is 5.25. The molecule has 0 spiro atoms. The van der Waals surface area contributed by atoms with Crippen LogP contribution in [0.1, 0.15) is 38.1 Å². The third-order valence-corrected chi connectivity index (χ3v) is 4.61. The number of benzene rings is 1. The summed E-state index contributed by atoms with van der Waals surface area (Å²) in [6.45, 7) is 9.42. The molecule has 0 bridgehead atoms. The zero-order valence-corrected chi connectivity index (χ0v) is 16.1. The molecule has 1 aliphatic rings. The predicted octanol–water partition coefficient (Wildman–Crippen LogP) is 2.62. The summed E-state index contributed by atoms with van der Waals surface area (Å²) in [5, 5.41) is 0. The van der Waals surface area contributed by atoms with Gasteiger partial charge in [-0.05, 0) is 31.9 Å². The number of rotatable bonds is 4. The number of oxazole rings is 1. The number of amides is 2. The fourth-order valence-electron chi connectivity index (χ4n) is 3.42. The molecule has 1 aromatic heterocycles. The maximum Gasteiger partial charge on any atom is 0.409 e. The molecule has 27 heavy (non-hydrogen) atoms. The number of carbonyl (C=O) groups is 2. The van der Waals surface area contributed by atoms with Gasteiger partial charge in [0.1, 0.15) is 5.52 Å². The van der Waals surface area contributed by atoms with Crippen molar-refractivity contribution in [1.82, 2.24) is 9.88 Å². The van der Waals surface area contributed by atoms with Gasteiger partial charge in [0, 0.05) is 25.2 Å². The zero-order chi connectivity index (χ0) is 19.7. The van der Waals surface area contributed by atoms with Crippen molar-refractivity contribution in [3.63, 3.8) is 0 Å². The van der Waals surface area contributed by atoms with Crippen LogP contribution in [-0.2, 0) is 4.74 Å². The molecule has 1 saturated heterocycles. The molecular formula is C19H26N4O4. The smallest absolute Gasteiger partial charge is 0.409 e. The second kappa shape index (κ2) is 7.46. The summed E-state index contributed by atoms with van der Waals surface area (Å²) >= 11 is 0. The van der Waals surface area contributed by atoms with Crippen molar-refractivity contribution >= 4 is 29.1 Å². The van der Waals surface area contributed by atoms with Crippen molar-refractivity contribution in [1.29, 1.82) is 0 Å². The average molecular weight is 374 g/mol. The number of primary amides is 1. The van der Waals surface area contributed by atoms with Gasteiger partial charge >= 0.3 is 6.09 Å². The van der Waals surface area contributed by atoms with Crippen molar-refractivity contribution in [3.8, 4) is 0 Å². The Bertz CT molecular complexity index is 835. The lowest BCUT2D eigenvalue weighted by Crippen LogP contribution is -2.58. The molecule has 0 radical (unpaired) electrons. The van der Waals surface area contributed by atoms with Crippen LogP contribution < -0.4 is 10.6 Å². The number of nitrogens with two attached hydrogens (primary N) is 1. The number of hydrogen-bond donors (Lipinski definition) is 1.